The van der Waals surface area contributed by atoms with E-state index in [9.17, 15) is 27.4 Å². The zero-order valence-corrected chi connectivity index (χ0v) is 17.6. The molecule has 124 valence electrons. The zero-order chi connectivity index (χ0) is 17.2. The Labute approximate surface area is 174 Å². The fourth-order valence-electron chi connectivity index (χ4n) is 1.95. The molecule has 0 aromatic heterocycles. The molecule has 1 saturated heterocycles. The first-order chi connectivity index (χ1) is 10.7. The minimum atomic E-state index is -4.97. The van der Waals surface area contributed by atoms with Crippen molar-refractivity contribution in [3.63, 3.8) is 0 Å². The van der Waals surface area contributed by atoms with Crippen LogP contribution >= 0.6 is 22.6 Å². The number of hydrogen-bond donors (Lipinski definition) is 0. The largest absolute Gasteiger partial charge is 1.00 e. The van der Waals surface area contributed by atoms with Crippen LogP contribution in [0, 0.1) is 3.57 Å². The maximum Gasteiger partial charge on any atom is 1.00 e. The summed E-state index contributed by atoms with van der Waals surface area (Å²) >= 11 is 2.14. The topological polar surface area (TPSA) is 121 Å². The number of hydrogen-bond acceptors (Lipinski definition) is 7. The standard InChI is InChI=1S/C13H12INO7S.Na/c14-9-4-1-8(2-5-9)3-6-12(17)22-15-11(16)7-10(13(15)18)23(19,20)21;/h1-2,4-5,10H,3,6-7H2,(H,19,20,21);/q;+1/p-1/i14-2;. The predicted molar refractivity (Wildman–Crippen MR) is 83.5 cm³/mol. The molecule has 1 aliphatic heterocycles. The molecule has 1 aliphatic rings. The molecule has 0 saturated carbocycles. The molecular weight excluding hydrogens is 462 g/mol. The van der Waals surface area contributed by atoms with Gasteiger partial charge in [0.15, 0.2) is 0 Å². The minimum absolute atomic E-state index is 0. The molecule has 0 N–H and O–H groups in total. The SMILES string of the molecule is O=C(CCc1ccc([125I])cc1)ON1C(=O)CC(S(=O)(=O)[O-])C1=O.[Na+]. The Morgan fingerprint density at radius 3 is 2.38 bits per heavy atom. The minimum Gasteiger partial charge on any atom is -0.747 e. The number of rotatable bonds is 5. The van der Waals surface area contributed by atoms with Gasteiger partial charge in [-0.3, -0.25) is 9.59 Å². The first-order valence-electron chi connectivity index (χ1n) is 6.45. The Balaban J connectivity index is 0.00000288. The number of benzene rings is 1. The average Bonchev–Trinajstić information content (AvgIpc) is 2.75. The second-order valence-electron chi connectivity index (χ2n) is 4.80. The van der Waals surface area contributed by atoms with Gasteiger partial charge in [0.1, 0.15) is 15.4 Å². The zero-order valence-electron chi connectivity index (χ0n) is 12.6. The quantitative estimate of drug-likeness (QED) is 0.199. The van der Waals surface area contributed by atoms with Crippen molar-refractivity contribution >= 4 is 50.5 Å². The fourth-order valence-corrected chi connectivity index (χ4v) is 3.00. The molecule has 2 amide bonds. The first kappa shape index (κ1) is 21.5. The van der Waals surface area contributed by atoms with Crippen molar-refractivity contribution < 1.29 is 61.7 Å². The van der Waals surface area contributed by atoms with E-state index in [1.807, 2.05) is 24.3 Å². The molecule has 1 fully saturated rings. The van der Waals surface area contributed by atoms with E-state index in [0.29, 0.717) is 6.42 Å². The second kappa shape index (κ2) is 8.72. The summed E-state index contributed by atoms with van der Waals surface area (Å²) in [5.41, 5.74) is 0.862. The van der Waals surface area contributed by atoms with Gasteiger partial charge in [-0.05, 0) is 46.7 Å². The van der Waals surface area contributed by atoms with Gasteiger partial charge in [-0.25, -0.2) is 13.2 Å². The predicted octanol–water partition coefficient (Wildman–Crippen LogP) is -2.64. The normalized spacial score (nSPS) is 17.6. The monoisotopic (exact) mass is 473 g/mol. The third-order valence-electron chi connectivity index (χ3n) is 3.13. The molecule has 1 aromatic rings. The van der Waals surface area contributed by atoms with Crippen LogP contribution < -0.4 is 29.6 Å². The van der Waals surface area contributed by atoms with Gasteiger partial charge >= 0.3 is 35.5 Å². The number of nitrogens with zero attached hydrogens (tertiary/aromatic N) is 1. The van der Waals surface area contributed by atoms with Crippen LogP contribution in [0.15, 0.2) is 24.3 Å². The van der Waals surface area contributed by atoms with E-state index in [4.69, 9.17) is 0 Å². The molecule has 0 spiro atoms. The average molecular weight is 473 g/mol. The van der Waals surface area contributed by atoms with Crippen molar-refractivity contribution in [2.24, 2.45) is 0 Å². The molecule has 1 heterocycles. The van der Waals surface area contributed by atoms with Crippen LogP contribution in [0.2, 0.25) is 0 Å². The summed E-state index contributed by atoms with van der Waals surface area (Å²) in [6, 6.07) is 7.36. The number of halogens is 1. The van der Waals surface area contributed by atoms with Crippen molar-refractivity contribution in [3.05, 3.63) is 33.4 Å². The third-order valence-corrected chi connectivity index (χ3v) is 4.92. The molecule has 0 aliphatic carbocycles. The van der Waals surface area contributed by atoms with E-state index in [1.165, 1.54) is 0 Å². The molecule has 8 nitrogen and oxygen atoms in total. The van der Waals surface area contributed by atoms with Crippen molar-refractivity contribution in [3.8, 4) is 0 Å². The molecule has 0 bridgehead atoms. The first-order valence-corrected chi connectivity index (χ1v) is 9.00. The van der Waals surface area contributed by atoms with Gasteiger partial charge in [-0.1, -0.05) is 12.1 Å². The Kier molecular flexibility index (Phi) is 7.81. The van der Waals surface area contributed by atoms with Gasteiger partial charge < -0.3 is 9.39 Å². The Hall–Kier alpha value is -0.530. The maximum atomic E-state index is 11.7. The molecule has 1 atom stereocenters. The van der Waals surface area contributed by atoms with Crippen LogP contribution in [0.25, 0.3) is 0 Å². The summed E-state index contributed by atoms with van der Waals surface area (Å²) in [5, 5.41) is -1.96. The number of carbonyl (C=O) groups is 3. The number of aryl methyl sites for hydroxylation is 1. The molecule has 1 aromatic carbocycles. The second-order valence-corrected chi connectivity index (χ2v) is 7.60. The molecular formula is C13H11INNaO7S. The van der Waals surface area contributed by atoms with E-state index in [2.05, 4.69) is 27.4 Å². The number of carbonyl (C=O) groups excluding carboxylic acids is 3. The van der Waals surface area contributed by atoms with E-state index in [0.717, 1.165) is 9.13 Å². The summed E-state index contributed by atoms with van der Waals surface area (Å²) in [5.74, 6) is -3.22. The number of amides is 2. The van der Waals surface area contributed by atoms with Crippen LogP contribution in [-0.4, -0.2) is 41.1 Å². The van der Waals surface area contributed by atoms with Gasteiger partial charge in [0.05, 0.1) is 12.8 Å². The van der Waals surface area contributed by atoms with Crippen LogP contribution in [0.3, 0.4) is 0 Å². The van der Waals surface area contributed by atoms with Gasteiger partial charge in [0.2, 0.25) is 0 Å². The number of hydroxylamine groups is 2. The molecule has 1 unspecified atom stereocenters. The third kappa shape index (κ3) is 5.49. The molecule has 2 rings (SSSR count). The van der Waals surface area contributed by atoms with E-state index >= 15 is 0 Å². The fraction of sp³-hybridized carbons (Fsp3) is 0.308. The molecule has 11 heteroatoms. The van der Waals surface area contributed by atoms with Crippen LogP contribution in [0.4, 0.5) is 0 Å². The Morgan fingerprint density at radius 2 is 1.88 bits per heavy atom. The molecule has 0 radical (unpaired) electrons. The van der Waals surface area contributed by atoms with Crippen LogP contribution in [-0.2, 0) is 35.8 Å². The summed E-state index contributed by atoms with van der Waals surface area (Å²) < 4.78 is 33.6. The van der Waals surface area contributed by atoms with Crippen molar-refractivity contribution in [1.29, 1.82) is 0 Å². The van der Waals surface area contributed by atoms with Crippen LogP contribution in [0.5, 0.6) is 0 Å². The van der Waals surface area contributed by atoms with Gasteiger partial charge in [0.25, 0.3) is 11.8 Å². The number of imide groups is 1. The van der Waals surface area contributed by atoms with Crippen molar-refractivity contribution in [1.82, 2.24) is 5.06 Å². The van der Waals surface area contributed by atoms with E-state index in [1.54, 1.807) is 0 Å². The van der Waals surface area contributed by atoms with Crippen LogP contribution in [0.1, 0.15) is 18.4 Å². The summed E-state index contributed by atoms with van der Waals surface area (Å²) in [4.78, 5) is 39.5. The van der Waals surface area contributed by atoms with Crippen molar-refractivity contribution in [2.45, 2.75) is 24.5 Å². The van der Waals surface area contributed by atoms with Crippen molar-refractivity contribution in [2.75, 3.05) is 0 Å². The van der Waals surface area contributed by atoms with E-state index < -0.39 is 39.6 Å². The Morgan fingerprint density at radius 1 is 1.29 bits per heavy atom. The smallest absolute Gasteiger partial charge is 0.747 e. The van der Waals surface area contributed by atoms with Gasteiger partial charge in [-0.2, -0.15) is 0 Å². The van der Waals surface area contributed by atoms with Gasteiger partial charge in [-0.15, -0.1) is 5.06 Å². The molecule has 24 heavy (non-hydrogen) atoms. The summed E-state index contributed by atoms with van der Waals surface area (Å²) in [6.45, 7) is 0. The van der Waals surface area contributed by atoms with Gasteiger partial charge in [0, 0.05) is 3.57 Å². The Bertz CT molecular complexity index is 750. The summed E-state index contributed by atoms with van der Waals surface area (Å²) in [7, 11) is -4.97. The maximum absolute atomic E-state index is 11.7. The summed E-state index contributed by atoms with van der Waals surface area (Å²) in [6.07, 6.45) is -0.587. The van der Waals surface area contributed by atoms with E-state index in [-0.39, 0.29) is 41.0 Å².